The van der Waals surface area contributed by atoms with E-state index in [-0.39, 0.29) is 31.7 Å². The first-order chi connectivity index (χ1) is 13.3. The Labute approximate surface area is 176 Å². The maximum Gasteiger partial charge on any atom is 0.264 e. The number of amides is 1. The first kappa shape index (κ1) is 20.4. The summed E-state index contributed by atoms with van der Waals surface area (Å²) >= 11 is 17.7. The van der Waals surface area contributed by atoms with E-state index in [0.717, 1.165) is 0 Å². The Morgan fingerprint density at radius 3 is 2.11 bits per heavy atom. The molecule has 0 saturated heterocycles. The van der Waals surface area contributed by atoms with Crippen LogP contribution in [0.1, 0.15) is 10.4 Å². The zero-order valence-electron chi connectivity index (χ0n) is 14.0. The van der Waals surface area contributed by atoms with Crippen LogP contribution in [-0.4, -0.2) is 19.3 Å². The Kier molecular flexibility index (Phi) is 6.10. The van der Waals surface area contributed by atoms with Crippen molar-refractivity contribution < 1.29 is 13.2 Å². The van der Waals surface area contributed by atoms with Crippen LogP contribution in [0.15, 0.2) is 65.7 Å². The first-order valence-corrected chi connectivity index (χ1v) is 10.4. The molecule has 3 aromatic rings. The average Bonchev–Trinajstić information content (AvgIpc) is 2.62. The lowest BCUT2D eigenvalue weighted by molar-refractivity contribution is 0.102. The maximum atomic E-state index is 12.6. The zero-order valence-corrected chi connectivity index (χ0v) is 17.1. The maximum absolute atomic E-state index is 12.6. The molecule has 0 aliphatic heterocycles. The molecule has 2 N–H and O–H groups in total. The molecule has 144 valence electrons. The van der Waals surface area contributed by atoms with Crippen LogP contribution in [-0.2, 0) is 10.0 Å². The number of rotatable bonds is 5. The highest BCUT2D eigenvalue weighted by Gasteiger charge is 2.21. The first-order valence-electron chi connectivity index (χ1n) is 7.76. The van der Waals surface area contributed by atoms with Crippen LogP contribution in [0.5, 0.6) is 0 Å². The average molecular weight is 457 g/mol. The minimum Gasteiger partial charge on any atom is -0.322 e. The van der Waals surface area contributed by atoms with Gasteiger partial charge in [-0.05, 0) is 48.5 Å². The van der Waals surface area contributed by atoms with Crippen LogP contribution < -0.4 is 10.0 Å². The zero-order chi connectivity index (χ0) is 20.3. The Hall–Kier alpha value is -2.32. The molecule has 28 heavy (non-hydrogen) atoms. The molecule has 3 rings (SSSR count). The van der Waals surface area contributed by atoms with Gasteiger partial charge < -0.3 is 5.32 Å². The molecule has 0 aliphatic rings. The monoisotopic (exact) mass is 455 g/mol. The summed E-state index contributed by atoms with van der Waals surface area (Å²) < 4.78 is 27.5. The van der Waals surface area contributed by atoms with E-state index >= 15 is 0 Å². The van der Waals surface area contributed by atoms with Crippen molar-refractivity contribution in [1.29, 1.82) is 0 Å². The van der Waals surface area contributed by atoms with Crippen LogP contribution in [0.2, 0.25) is 15.2 Å². The number of pyridine rings is 1. The molecular weight excluding hydrogens is 445 g/mol. The van der Waals surface area contributed by atoms with E-state index in [1.54, 1.807) is 18.2 Å². The molecular formula is C18H12Cl3N3O3S. The van der Waals surface area contributed by atoms with E-state index in [1.165, 1.54) is 42.6 Å². The number of nitrogens with one attached hydrogen (secondary N) is 2. The molecule has 0 fully saturated rings. The van der Waals surface area contributed by atoms with Crippen LogP contribution >= 0.6 is 34.8 Å². The predicted molar refractivity (Wildman–Crippen MR) is 111 cm³/mol. The number of anilines is 2. The molecule has 1 heterocycles. The molecule has 1 aromatic heterocycles. The Morgan fingerprint density at radius 2 is 1.50 bits per heavy atom. The van der Waals surface area contributed by atoms with Crippen LogP contribution in [0, 0.1) is 0 Å². The quantitative estimate of drug-likeness (QED) is 0.523. The van der Waals surface area contributed by atoms with Crippen LogP contribution in [0.25, 0.3) is 0 Å². The Balaban J connectivity index is 1.75. The van der Waals surface area contributed by atoms with Crippen molar-refractivity contribution in [2.45, 2.75) is 4.90 Å². The number of hydrogen-bond donors (Lipinski definition) is 2. The molecule has 1 amide bonds. The van der Waals surface area contributed by atoms with Crippen molar-refractivity contribution in [2.75, 3.05) is 10.0 Å². The minimum atomic E-state index is -3.98. The number of hydrogen-bond acceptors (Lipinski definition) is 4. The van der Waals surface area contributed by atoms with Gasteiger partial charge in [-0.3, -0.25) is 9.52 Å². The Bertz CT molecular complexity index is 1120. The van der Waals surface area contributed by atoms with Gasteiger partial charge in [-0.1, -0.05) is 40.9 Å². The third kappa shape index (κ3) is 4.74. The SMILES string of the molecule is O=C(Nc1ccc(NS(=O)(=O)c2c(Cl)cccc2Cl)cc1)c1ccnc(Cl)c1. The van der Waals surface area contributed by atoms with Crippen LogP contribution in [0.3, 0.4) is 0 Å². The van der Waals surface area contributed by atoms with Gasteiger partial charge in [-0.25, -0.2) is 13.4 Å². The van der Waals surface area contributed by atoms with Gasteiger partial charge in [0.15, 0.2) is 0 Å². The molecule has 0 aliphatic carbocycles. The number of nitrogens with zero attached hydrogens (tertiary/aromatic N) is 1. The molecule has 0 spiro atoms. The van der Waals surface area contributed by atoms with Crippen molar-refractivity contribution in [3.63, 3.8) is 0 Å². The molecule has 0 atom stereocenters. The summed E-state index contributed by atoms with van der Waals surface area (Å²) in [5.74, 6) is -0.375. The van der Waals surface area contributed by atoms with E-state index in [1.807, 2.05) is 0 Å². The number of benzene rings is 2. The van der Waals surface area contributed by atoms with Gasteiger partial charge in [0.1, 0.15) is 10.0 Å². The standard InChI is InChI=1S/C18H12Cl3N3O3S/c19-14-2-1-3-15(20)17(14)28(26,27)24-13-6-4-12(5-7-13)23-18(25)11-8-9-22-16(21)10-11/h1-10,24H,(H,23,25). The number of halogens is 3. The van der Waals surface area contributed by atoms with Gasteiger partial charge >= 0.3 is 0 Å². The lowest BCUT2D eigenvalue weighted by Gasteiger charge is -2.12. The summed E-state index contributed by atoms with van der Waals surface area (Å²) in [4.78, 5) is 15.8. The Morgan fingerprint density at radius 1 is 0.893 bits per heavy atom. The minimum absolute atomic E-state index is 0.0138. The number of aromatic nitrogens is 1. The van der Waals surface area contributed by atoms with Crippen molar-refractivity contribution in [3.8, 4) is 0 Å². The van der Waals surface area contributed by atoms with Crippen molar-refractivity contribution in [1.82, 2.24) is 4.98 Å². The summed E-state index contributed by atoms with van der Waals surface area (Å²) in [6.07, 6.45) is 1.43. The summed E-state index contributed by atoms with van der Waals surface area (Å²) in [6, 6.07) is 13.5. The molecule has 0 bridgehead atoms. The lowest BCUT2D eigenvalue weighted by Crippen LogP contribution is -2.14. The van der Waals surface area contributed by atoms with Gasteiger partial charge in [-0.2, -0.15) is 0 Å². The molecule has 2 aromatic carbocycles. The largest absolute Gasteiger partial charge is 0.322 e. The summed E-state index contributed by atoms with van der Waals surface area (Å²) in [7, 11) is -3.98. The van der Waals surface area contributed by atoms with Gasteiger partial charge in [0.05, 0.1) is 10.0 Å². The van der Waals surface area contributed by atoms with E-state index < -0.39 is 10.0 Å². The summed E-state index contributed by atoms with van der Waals surface area (Å²) in [5.41, 5.74) is 1.09. The highest BCUT2D eigenvalue weighted by Crippen LogP contribution is 2.30. The second kappa shape index (κ2) is 8.36. The lowest BCUT2D eigenvalue weighted by atomic mass is 10.2. The fourth-order valence-corrected chi connectivity index (χ4v) is 4.69. The van der Waals surface area contributed by atoms with E-state index in [4.69, 9.17) is 34.8 Å². The number of carbonyl (C=O) groups excluding carboxylic acids is 1. The fourth-order valence-electron chi connectivity index (χ4n) is 2.31. The highest BCUT2D eigenvalue weighted by molar-refractivity contribution is 7.93. The van der Waals surface area contributed by atoms with E-state index in [2.05, 4.69) is 15.0 Å². The predicted octanol–water partition coefficient (Wildman–Crippen LogP) is 5.09. The third-order valence-corrected chi connectivity index (χ3v) is 6.11. The highest BCUT2D eigenvalue weighted by atomic mass is 35.5. The van der Waals surface area contributed by atoms with Gasteiger partial charge in [0.2, 0.25) is 0 Å². The number of sulfonamides is 1. The van der Waals surface area contributed by atoms with Crippen LogP contribution in [0.4, 0.5) is 11.4 Å². The van der Waals surface area contributed by atoms with Gasteiger partial charge in [-0.15, -0.1) is 0 Å². The summed E-state index contributed by atoms with van der Waals surface area (Å²) in [6.45, 7) is 0. The number of carbonyl (C=O) groups is 1. The molecule has 10 heteroatoms. The molecule has 0 radical (unpaired) electrons. The third-order valence-electron chi connectivity index (χ3n) is 3.57. The topological polar surface area (TPSA) is 88.2 Å². The van der Waals surface area contributed by atoms with Gasteiger partial charge in [0.25, 0.3) is 15.9 Å². The molecule has 0 unspecified atom stereocenters. The smallest absolute Gasteiger partial charge is 0.264 e. The second-order valence-electron chi connectivity index (χ2n) is 5.55. The van der Waals surface area contributed by atoms with Gasteiger partial charge in [0, 0.05) is 23.1 Å². The van der Waals surface area contributed by atoms with E-state index in [9.17, 15) is 13.2 Å². The summed E-state index contributed by atoms with van der Waals surface area (Å²) in [5, 5.41) is 2.91. The van der Waals surface area contributed by atoms with E-state index in [0.29, 0.717) is 11.3 Å². The normalized spacial score (nSPS) is 11.1. The van der Waals surface area contributed by atoms with Crippen molar-refractivity contribution in [2.24, 2.45) is 0 Å². The second-order valence-corrected chi connectivity index (χ2v) is 8.38. The van der Waals surface area contributed by atoms with Crippen molar-refractivity contribution in [3.05, 3.63) is 81.6 Å². The molecule has 0 saturated carbocycles. The molecule has 6 nitrogen and oxygen atoms in total. The fraction of sp³-hybridized carbons (Fsp3) is 0. The van der Waals surface area contributed by atoms with Crippen molar-refractivity contribution >= 4 is 62.1 Å².